The summed E-state index contributed by atoms with van der Waals surface area (Å²) >= 11 is 0. The fraction of sp³-hybridized carbons (Fsp3) is 0.680. The highest BCUT2D eigenvalue weighted by atomic mass is 16.4. The lowest BCUT2D eigenvalue weighted by Gasteiger charge is -2.23. The SMILES string of the molecule is Cc1cc(CCCCCC2(C(=O)O)CC2)c(C)c(Cc2cc(CCCCC3(C(=O)O)CC3)c(CCc3c(CCCCCC4(C(=O)O)CC4)ccc(CCCCC4(C(=O)O)CC4)c3C)cc2CCCCCC2(C(=O)O)CC2)c1CCCCC1(C(=O)O)CC1. The number of aryl methyl sites for hydroxylation is 7. The zero-order chi connectivity index (χ0) is 62.2. The molecule has 3 aromatic carbocycles. The van der Waals surface area contributed by atoms with Crippen LogP contribution in [0.1, 0.15) is 284 Å². The van der Waals surface area contributed by atoms with Crippen molar-refractivity contribution >= 4 is 35.8 Å². The lowest BCUT2D eigenvalue weighted by molar-refractivity contribution is -0.144. The van der Waals surface area contributed by atoms with Crippen molar-refractivity contribution in [3.8, 4) is 0 Å². The van der Waals surface area contributed by atoms with Gasteiger partial charge < -0.3 is 30.6 Å². The highest BCUT2D eigenvalue weighted by Crippen LogP contribution is 2.54. The van der Waals surface area contributed by atoms with Gasteiger partial charge in [-0.1, -0.05) is 88.1 Å². The first kappa shape index (κ1) is 65.9. The molecular formula is C75H104O12. The summed E-state index contributed by atoms with van der Waals surface area (Å²) in [5, 5.41) is 59.8. The van der Waals surface area contributed by atoms with Crippen molar-refractivity contribution < 1.29 is 59.4 Å². The smallest absolute Gasteiger partial charge is 0.309 e. The van der Waals surface area contributed by atoms with Gasteiger partial charge in [-0.2, -0.15) is 0 Å². The van der Waals surface area contributed by atoms with Gasteiger partial charge in [-0.05, 0) is 305 Å². The number of carboxylic acids is 6. The van der Waals surface area contributed by atoms with Crippen molar-refractivity contribution in [3.05, 3.63) is 103 Å². The van der Waals surface area contributed by atoms with Crippen molar-refractivity contribution in [2.24, 2.45) is 32.5 Å². The second kappa shape index (κ2) is 28.1. The standard InChI is InChI=1S/C75H104O12/c1-51-47-56(21-8-5-14-30-71(37-38-71)65(78)79)53(3)63(61(51)24-12-18-34-75(45-46-75)69(86)87)50-60-49-57(23-11-17-33-74(43-44-74)68(84)85)59(48-58(60)22-9-6-15-31-72(39-40-72)66(80)81)27-28-62-52(2)54(19-10-16-32-73(41-42-73)67(82)83)25-26-55(62)20-7-4-13-29-70(35-36-70)64(76)77/h25-26,47-49H,4-24,27-46,50H2,1-3H3,(H,76,77)(H,78,79)(H,80,81)(H,82,83)(H,84,85)(H,86,87). The second-order valence-corrected chi connectivity index (χ2v) is 29.3. The number of benzene rings is 3. The molecule has 0 unspecified atom stereocenters. The van der Waals surface area contributed by atoms with E-state index in [1.54, 1.807) is 0 Å². The molecule has 12 nitrogen and oxygen atoms in total. The largest absolute Gasteiger partial charge is 0.481 e. The summed E-state index contributed by atoms with van der Waals surface area (Å²) in [4.78, 5) is 72.8. The highest BCUT2D eigenvalue weighted by Gasteiger charge is 2.53. The van der Waals surface area contributed by atoms with Crippen LogP contribution in [0.2, 0.25) is 0 Å². The van der Waals surface area contributed by atoms with Gasteiger partial charge >= 0.3 is 35.8 Å². The Kier molecular flexibility index (Phi) is 21.3. The molecule has 0 aromatic heterocycles. The number of unbranched alkanes of at least 4 members (excludes halogenated alkanes) is 9. The predicted octanol–water partition coefficient (Wildman–Crippen LogP) is 16.6. The molecule has 6 saturated carbocycles. The van der Waals surface area contributed by atoms with Gasteiger partial charge in [-0.25, -0.2) is 0 Å². The third-order valence-electron chi connectivity index (χ3n) is 23.2. The quantitative estimate of drug-likeness (QED) is 0.0291. The fourth-order valence-electron chi connectivity index (χ4n) is 15.3. The Labute approximate surface area is 518 Å². The van der Waals surface area contributed by atoms with Crippen LogP contribution in [0.3, 0.4) is 0 Å². The summed E-state index contributed by atoms with van der Waals surface area (Å²) in [5.74, 6) is -4.00. The van der Waals surface area contributed by atoms with Gasteiger partial charge in [0, 0.05) is 0 Å². The van der Waals surface area contributed by atoms with Crippen LogP contribution in [0, 0.1) is 53.3 Å². The van der Waals surface area contributed by atoms with E-state index < -0.39 is 68.3 Å². The second-order valence-electron chi connectivity index (χ2n) is 29.3. The maximum atomic E-state index is 12.4. The van der Waals surface area contributed by atoms with Crippen molar-refractivity contribution in [1.82, 2.24) is 0 Å². The summed E-state index contributed by atoms with van der Waals surface area (Å²) in [6.07, 6.45) is 34.8. The first-order valence-electron chi connectivity index (χ1n) is 34.4. The van der Waals surface area contributed by atoms with Crippen molar-refractivity contribution in [3.63, 3.8) is 0 Å². The fourth-order valence-corrected chi connectivity index (χ4v) is 15.3. The number of hydrogen-bond donors (Lipinski definition) is 6. The first-order valence-corrected chi connectivity index (χ1v) is 34.4. The van der Waals surface area contributed by atoms with E-state index in [9.17, 15) is 59.4 Å². The molecule has 6 aliphatic rings. The number of carboxylic acid groups (broad SMARTS) is 6. The molecule has 0 saturated heterocycles. The molecule has 0 spiro atoms. The number of carbonyl (C=O) groups is 6. The minimum atomic E-state index is -0.680. The van der Waals surface area contributed by atoms with Crippen molar-refractivity contribution in [2.45, 2.75) is 290 Å². The van der Waals surface area contributed by atoms with E-state index in [1.165, 1.54) is 72.3 Å². The van der Waals surface area contributed by atoms with Gasteiger partial charge in [0.2, 0.25) is 0 Å². The van der Waals surface area contributed by atoms with E-state index in [2.05, 4.69) is 51.1 Å². The summed E-state index contributed by atoms with van der Waals surface area (Å²) in [7, 11) is 0. The van der Waals surface area contributed by atoms with Gasteiger partial charge in [-0.15, -0.1) is 0 Å². The van der Waals surface area contributed by atoms with Crippen molar-refractivity contribution in [1.29, 1.82) is 0 Å². The van der Waals surface area contributed by atoms with Gasteiger partial charge in [0.05, 0.1) is 32.5 Å². The Bertz CT molecular complexity index is 2990. The average molecular weight is 1200 g/mol. The van der Waals surface area contributed by atoms with E-state index in [-0.39, 0.29) is 0 Å². The van der Waals surface area contributed by atoms with E-state index in [4.69, 9.17) is 0 Å². The van der Waals surface area contributed by atoms with Gasteiger partial charge in [0.1, 0.15) is 0 Å². The van der Waals surface area contributed by atoms with Crippen LogP contribution < -0.4 is 0 Å². The molecule has 476 valence electrons. The molecule has 0 radical (unpaired) electrons. The molecule has 6 fully saturated rings. The summed E-state index contributed by atoms with van der Waals surface area (Å²) in [6, 6.07) is 12.0. The molecular weight excluding hydrogens is 1090 g/mol. The monoisotopic (exact) mass is 1200 g/mol. The van der Waals surface area contributed by atoms with E-state index in [0.29, 0.717) is 19.3 Å². The van der Waals surface area contributed by atoms with Crippen LogP contribution in [0.15, 0.2) is 30.3 Å². The third-order valence-corrected chi connectivity index (χ3v) is 23.2. The Morgan fingerprint density at radius 2 is 0.575 bits per heavy atom. The Morgan fingerprint density at radius 3 is 0.966 bits per heavy atom. The lowest BCUT2D eigenvalue weighted by atomic mass is 9.82. The van der Waals surface area contributed by atoms with E-state index in [1.807, 2.05) is 0 Å². The van der Waals surface area contributed by atoms with Gasteiger partial charge in [0.15, 0.2) is 0 Å². The molecule has 3 aromatic rings. The zero-order valence-corrected chi connectivity index (χ0v) is 53.2. The summed E-state index contributed by atoms with van der Waals surface area (Å²) < 4.78 is 0. The maximum Gasteiger partial charge on any atom is 0.309 e. The van der Waals surface area contributed by atoms with Crippen molar-refractivity contribution in [2.75, 3.05) is 0 Å². The number of aliphatic carboxylic acids is 6. The zero-order valence-electron chi connectivity index (χ0n) is 53.2. The topological polar surface area (TPSA) is 224 Å². The van der Waals surface area contributed by atoms with E-state index in [0.717, 1.165) is 250 Å². The molecule has 12 heteroatoms. The van der Waals surface area contributed by atoms with E-state index >= 15 is 0 Å². The molecule has 87 heavy (non-hydrogen) atoms. The normalized spacial score (nSPS) is 18.8. The Morgan fingerprint density at radius 1 is 0.287 bits per heavy atom. The van der Waals surface area contributed by atoms with Crippen LogP contribution in [0.5, 0.6) is 0 Å². The summed E-state index contributed by atoms with van der Waals surface area (Å²) in [6.45, 7) is 6.80. The van der Waals surface area contributed by atoms with Gasteiger partial charge in [-0.3, -0.25) is 28.8 Å². The number of rotatable bonds is 44. The highest BCUT2D eigenvalue weighted by molar-refractivity contribution is 5.80. The minimum absolute atomic E-state index is 0.516. The molecule has 0 heterocycles. The minimum Gasteiger partial charge on any atom is -0.481 e. The Balaban J connectivity index is 1.02. The molecule has 6 N–H and O–H groups in total. The van der Waals surface area contributed by atoms with Crippen LogP contribution in [-0.2, 0) is 86.6 Å². The number of hydrogen-bond acceptors (Lipinski definition) is 6. The maximum absolute atomic E-state index is 12.4. The predicted molar refractivity (Wildman–Crippen MR) is 339 cm³/mol. The Hall–Kier alpha value is -5.52. The average Bonchev–Trinajstić information content (AvgIpc) is 2.55. The molecule has 0 aliphatic heterocycles. The van der Waals surface area contributed by atoms with Crippen LogP contribution in [0.4, 0.5) is 0 Å². The molecule has 0 atom stereocenters. The van der Waals surface area contributed by atoms with Crippen LogP contribution in [-0.4, -0.2) is 66.5 Å². The lowest BCUT2D eigenvalue weighted by Crippen LogP contribution is -2.15. The molecule has 9 rings (SSSR count). The molecule has 0 amide bonds. The van der Waals surface area contributed by atoms with Crippen LogP contribution >= 0.6 is 0 Å². The van der Waals surface area contributed by atoms with Gasteiger partial charge in [0.25, 0.3) is 0 Å². The third kappa shape index (κ3) is 16.5. The van der Waals surface area contributed by atoms with Crippen LogP contribution in [0.25, 0.3) is 0 Å². The molecule has 6 aliphatic carbocycles. The summed E-state index contributed by atoms with van der Waals surface area (Å²) in [5.41, 5.74) is 13.9. The molecule has 0 bridgehead atoms. The first-order chi connectivity index (χ1) is 41.6.